The van der Waals surface area contributed by atoms with Gasteiger partial charge in [-0.15, -0.1) is 11.3 Å². The normalized spacial score (nSPS) is 12.3. The van der Waals surface area contributed by atoms with Crippen LogP contribution >= 0.6 is 11.3 Å². The summed E-state index contributed by atoms with van der Waals surface area (Å²) in [6.45, 7) is -1.82. The lowest BCUT2D eigenvalue weighted by Crippen LogP contribution is -2.28. The number of para-hydroxylation sites is 2. The van der Waals surface area contributed by atoms with Crippen molar-refractivity contribution in [1.29, 1.82) is 0 Å². The molecular weight excluding hydrogens is 376 g/mol. The number of carbonyl (C=O) groups is 2. The molecule has 0 aliphatic carbocycles. The number of fused-ring (bicyclic) bond motifs is 1. The number of hydrogen-bond acceptors (Lipinski definition) is 5. The number of aromatic nitrogens is 2. The van der Waals surface area contributed by atoms with Gasteiger partial charge in [-0.05, 0) is 23.6 Å². The minimum Gasteiger partial charge on any atom is -0.457 e. The van der Waals surface area contributed by atoms with Gasteiger partial charge in [-0.3, -0.25) is 14.2 Å². The maximum Gasteiger partial charge on any atom is 0.320 e. The molecule has 1 amide bonds. The van der Waals surface area contributed by atoms with E-state index in [9.17, 15) is 18.4 Å². The number of carbonyl (C=O) groups excluding carboxylic acids is 2. The summed E-state index contributed by atoms with van der Waals surface area (Å²) < 4.78 is 32.7. The highest BCUT2D eigenvalue weighted by atomic mass is 32.1. The van der Waals surface area contributed by atoms with E-state index in [4.69, 9.17) is 4.74 Å². The lowest BCUT2D eigenvalue weighted by molar-refractivity contribution is -0.146. The van der Waals surface area contributed by atoms with E-state index in [1.54, 1.807) is 24.3 Å². The smallest absolute Gasteiger partial charge is 0.320 e. The number of hydrogen-bond donors (Lipinski definition) is 1. The van der Waals surface area contributed by atoms with E-state index in [0.29, 0.717) is 5.52 Å². The lowest BCUT2D eigenvalue weighted by atomic mass is 10.1. The zero-order valence-electron chi connectivity index (χ0n) is 14.4. The minimum atomic E-state index is -2.80. The van der Waals surface area contributed by atoms with Crippen molar-refractivity contribution in [2.75, 3.05) is 0 Å². The Morgan fingerprint density at radius 3 is 2.70 bits per heavy atom. The van der Waals surface area contributed by atoms with Gasteiger partial charge in [0, 0.05) is 11.8 Å². The molecular formula is C18H17F2N3O3S. The number of thiophene rings is 1. The first kappa shape index (κ1) is 19.0. The van der Waals surface area contributed by atoms with Crippen molar-refractivity contribution in [1.82, 2.24) is 14.9 Å². The fraction of sp³-hybridized carbons (Fsp3) is 0.278. The van der Waals surface area contributed by atoms with Crippen molar-refractivity contribution >= 4 is 34.2 Å². The van der Waals surface area contributed by atoms with Crippen molar-refractivity contribution in [2.45, 2.75) is 32.5 Å². The van der Waals surface area contributed by atoms with Crippen LogP contribution in [-0.4, -0.2) is 21.4 Å². The molecule has 2 aromatic heterocycles. The first-order valence-electron chi connectivity index (χ1n) is 8.16. The number of benzene rings is 1. The van der Waals surface area contributed by atoms with E-state index in [1.807, 2.05) is 11.4 Å². The summed E-state index contributed by atoms with van der Waals surface area (Å²) in [4.78, 5) is 28.5. The van der Waals surface area contributed by atoms with Crippen LogP contribution in [0.5, 0.6) is 0 Å². The van der Waals surface area contributed by atoms with Gasteiger partial charge in [-0.1, -0.05) is 18.2 Å². The van der Waals surface area contributed by atoms with Crippen LogP contribution in [0.1, 0.15) is 36.6 Å². The molecule has 0 fully saturated rings. The zero-order valence-corrected chi connectivity index (χ0v) is 15.2. The van der Waals surface area contributed by atoms with Crippen LogP contribution in [0.15, 0.2) is 41.8 Å². The molecule has 3 aromatic rings. The molecule has 0 spiro atoms. The number of imidazole rings is 1. The number of amides is 1. The zero-order chi connectivity index (χ0) is 19.4. The van der Waals surface area contributed by atoms with E-state index < -0.39 is 18.6 Å². The molecule has 0 saturated carbocycles. The Morgan fingerprint density at radius 1 is 1.26 bits per heavy atom. The van der Waals surface area contributed by atoms with Crippen molar-refractivity contribution in [3.8, 4) is 0 Å². The Balaban J connectivity index is 1.71. The minimum absolute atomic E-state index is 0.0354. The molecule has 1 unspecified atom stereocenters. The van der Waals surface area contributed by atoms with Crippen molar-refractivity contribution in [3.05, 3.63) is 52.5 Å². The molecule has 0 aliphatic heterocycles. The van der Waals surface area contributed by atoms with Crippen LogP contribution in [0.4, 0.5) is 8.78 Å². The summed E-state index contributed by atoms with van der Waals surface area (Å²) in [6.07, 6.45) is -0.102. The Kier molecular flexibility index (Phi) is 5.80. The van der Waals surface area contributed by atoms with E-state index in [-0.39, 0.29) is 30.3 Å². The maximum absolute atomic E-state index is 13.4. The number of alkyl halides is 2. The Hall–Kier alpha value is -2.81. The van der Waals surface area contributed by atoms with Gasteiger partial charge in [-0.2, -0.15) is 8.78 Å². The third kappa shape index (κ3) is 4.48. The molecule has 9 heteroatoms. The second-order valence-electron chi connectivity index (χ2n) is 5.80. The van der Waals surface area contributed by atoms with Gasteiger partial charge in [0.2, 0.25) is 5.91 Å². The van der Waals surface area contributed by atoms with Gasteiger partial charge in [0.15, 0.2) is 5.82 Å². The van der Waals surface area contributed by atoms with Crippen LogP contribution in [0.25, 0.3) is 11.0 Å². The van der Waals surface area contributed by atoms with Gasteiger partial charge >= 0.3 is 12.5 Å². The summed E-state index contributed by atoms with van der Waals surface area (Å²) in [5, 5.41) is 4.53. The second-order valence-corrected chi connectivity index (χ2v) is 6.78. The van der Waals surface area contributed by atoms with E-state index in [0.717, 1.165) is 9.44 Å². The van der Waals surface area contributed by atoms with Gasteiger partial charge < -0.3 is 10.1 Å². The first-order valence-corrected chi connectivity index (χ1v) is 9.03. The molecule has 2 heterocycles. The number of rotatable bonds is 7. The molecule has 1 N–H and O–H groups in total. The predicted molar refractivity (Wildman–Crippen MR) is 96.3 cm³/mol. The van der Waals surface area contributed by atoms with Gasteiger partial charge in [-0.25, -0.2) is 4.98 Å². The number of ether oxygens (including phenoxy) is 1. The fourth-order valence-corrected chi connectivity index (χ4v) is 3.52. The summed E-state index contributed by atoms with van der Waals surface area (Å²) >= 11 is 1.40. The molecule has 142 valence electrons. The number of halogens is 2. The summed E-state index contributed by atoms with van der Waals surface area (Å²) in [5.74, 6) is -0.928. The van der Waals surface area contributed by atoms with Crippen LogP contribution in [-0.2, 0) is 20.9 Å². The van der Waals surface area contributed by atoms with Crippen LogP contribution in [0, 0.1) is 0 Å². The molecule has 27 heavy (non-hydrogen) atoms. The number of nitrogens with zero attached hydrogens (tertiary/aromatic N) is 2. The summed E-state index contributed by atoms with van der Waals surface area (Å²) in [6, 6.07) is 9.56. The predicted octanol–water partition coefficient (Wildman–Crippen LogP) is 3.80. The molecule has 1 atom stereocenters. The molecule has 0 aliphatic rings. The SMILES string of the molecule is CC(=O)NC(CC(=O)OCc1nc2ccccc2n1C(F)F)c1cccs1. The Labute approximate surface area is 157 Å². The molecule has 0 bridgehead atoms. The van der Waals surface area contributed by atoms with E-state index >= 15 is 0 Å². The topological polar surface area (TPSA) is 73.2 Å². The third-order valence-electron chi connectivity index (χ3n) is 3.86. The van der Waals surface area contributed by atoms with Crippen molar-refractivity contribution in [3.63, 3.8) is 0 Å². The van der Waals surface area contributed by atoms with Crippen LogP contribution in [0.3, 0.4) is 0 Å². The third-order valence-corrected chi connectivity index (χ3v) is 4.85. The molecule has 0 saturated heterocycles. The fourth-order valence-electron chi connectivity index (χ4n) is 2.74. The van der Waals surface area contributed by atoms with Gasteiger partial charge in [0.25, 0.3) is 0 Å². The van der Waals surface area contributed by atoms with Crippen LogP contribution in [0.2, 0.25) is 0 Å². The summed E-state index contributed by atoms with van der Waals surface area (Å²) in [5.41, 5.74) is 0.673. The largest absolute Gasteiger partial charge is 0.457 e. The average Bonchev–Trinajstić information content (AvgIpc) is 3.26. The standard InChI is InChI=1S/C18H17F2N3O3S/c1-11(24)21-13(15-7-4-8-27-15)9-17(25)26-10-16-22-12-5-2-3-6-14(12)23(16)18(19)20/h2-8,13,18H,9-10H2,1H3,(H,21,24). The number of esters is 1. The van der Waals surface area contributed by atoms with Gasteiger partial charge in [0.1, 0.15) is 6.61 Å². The highest BCUT2D eigenvalue weighted by Gasteiger charge is 2.21. The van der Waals surface area contributed by atoms with Crippen molar-refractivity contribution in [2.24, 2.45) is 0 Å². The van der Waals surface area contributed by atoms with Crippen molar-refractivity contribution < 1.29 is 23.1 Å². The monoisotopic (exact) mass is 393 g/mol. The van der Waals surface area contributed by atoms with Crippen LogP contribution < -0.4 is 5.32 Å². The average molecular weight is 393 g/mol. The molecule has 3 rings (SSSR count). The highest BCUT2D eigenvalue weighted by Crippen LogP contribution is 2.25. The second kappa shape index (κ2) is 8.26. The Morgan fingerprint density at radius 2 is 2.04 bits per heavy atom. The summed E-state index contributed by atoms with van der Waals surface area (Å²) in [7, 11) is 0. The highest BCUT2D eigenvalue weighted by molar-refractivity contribution is 7.10. The Bertz CT molecular complexity index is 941. The van der Waals surface area contributed by atoms with E-state index in [1.165, 1.54) is 24.3 Å². The molecule has 1 aromatic carbocycles. The molecule has 0 radical (unpaired) electrons. The lowest BCUT2D eigenvalue weighted by Gasteiger charge is -2.16. The quantitative estimate of drug-likeness (QED) is 0.620. The maximum atomic E-state index is 13.4. The van der Waals surface area contributed by atoms with E-state index in [2.05, 4.69) is 10.3 Å². The number of nitrogens with one attached hydrogen (secondary N) is 1. The van der Waals surface area contributed by atoms with Gasteiger partial charge in [0.05, 0.1) is 23.5 Å². The first-order chi connectivity index (χ1) is 13.0. The molecule has 6 nitrogen and oxygen atoms in total.